The zero-order valence-corrected chi connectivity index (χ0v) is 13.5. The second-order valence-electron chi connectivity index (χ2n) is 5.91. The van der Waals surface area contributed by atoms with E-state index in [1.807, 2.05) is 6.07 Å². The van der Waals surface area contributed by atoms with Gasteiger partial charge in [0.2, 0.25) is 17.7 Å². The first-order valence-corrected chi connectivity index (χ1v) is 7.52. The maximum atomic E-state index is 13.5. The summed E-state index contributed by atoms with van der Waals surface area (Å²) >= 11 is 0. The summed E-state index contributed by atoms with van der Waals surface area (Å²) in [5.74, 6) is -1.08. The maximum Gasteiger partial charge on any atom is 0.254 e. The zero-order valence-electron chi connectivity index (χ0n) is 13.5. The number of benzene rings is 1. The third kappa shape index (κ3) is 1.57. The smallest absolute Gasteiger partial charge is 0.254 e. The number of carbonyl (C=O) groups excluding carboxylic acids is 2. The number of rotatable bonds is 0. The predicted molar refractivity (Wildman–Crippen MR) is 86.2 cm³/mol. The van der Waals surface area contributed by atoms with Gasteiger partial charge in [0.15, 0.2) is 0 Å². The lowest BCUT2D eigenvalue weighted by atomic mass is 9.69. The predicted octanol–water partition coefficient (Wildman–Crippen LogP) is 0.984. The van der Waals surface area contributed by atoms with Crippen molar-refractivity contribution in [3.05, 3.63) is 52.5 Å². The molecule has 4 rings (SSSR count). The molecule has 0 bridgehead atoms. The standard InChI is InChI=1S/C17H13N5O3/c1-8-13-15(21-20-8)25-14(19)11(7-18)17(13)10-5-3-4-6-12(10)22(9(2)23)16(17)24/h3-6H,19H2,1-2H3,(H,20,21)/t17-/m1/s1. The highest BCUT2D eigenvalue weighted by molar-refractivity contribution is 6.25. The molecule has 8 nitrogen and oxygen atoms in total. The largest absolute Gasteiger partial charge is 0.420 e. The van der Waals surface area contributed by atoms with E-state index in [4.69, 9.17) is 10.5 Å². The number of nitrogens with zero attached hydrogens (tertiary/aromatic N) is 3. The number of nitrogens with two attached hydrogens (primary N) is 1. The normalized spacial score (nSPS) is 21.0. The number of ether oxygens (including phenoxy) is 1. The highest BCUT2D eigenvalue weighted by Crippen LogP contribution is 2.55. The molecular formula is C17H13N5O3. The van der Waals surface area contributed by atoms with Crippen LogP contribution in [0.4, 0.5) is 5.69 Å². The first kappa shape index (κ1) is 15.0. The number of aromatic nitrogens is 2. The molecule has 3 heterocycles. The SMILES string of the molecule is CC(=O)N1C(=O)[C@@]2(C(C#N)=C(N)Oc3n[nH]c(C)c32)c2ccccc21. The van der Waals surface area contributed by atoms with Crippen LogP contribution in [0.1, 0.15) is 23.7 Å². The highest BCUT2D eigenvalue weighted by Gasteiger charge is 2.61. The van der Waals surface area contributed by atoms with E-state index in [1.54, 1.807) is 31.2 Å². The average Bonchev–Trinajstić information content (AvgIpc) is 3.05. The van der Waals surface area contributed by atoms with Crippen LogP contribution in [0.5, 0.6) is 5.88 Å². The number of anilines is 1. The fourth-order valence-corrected chi connectivity index (χ4v) is 3.70. The molecule has 2 aromatic rings. The Morgan fingerprint density at radius 1 is 1.44 bits per heavy atom. The fourth-order valence-electron chi connectivity index (χ4n) is 3.70. The van der Waals surface area contributed by atoms with Crippen LogP contribution in [0, 0.1) is 18.3 Å². The van der Waals surface area contributed by atoms with Gasteiger partial charge in [0.25, 0.3) is 5.91 Å². The Hall–Kier alpha value is -3.60. The van der Waals surface area contributed by atoms with Crippen molar-refractivity contribution in [1.29, 1.82) is 5.26 Å². The van der Waals surface area contributed by atoms with Crippen molar-refractivity contribution in [2.75, 3.05) is 4.90 Å². The Morgan fingerprint density at radius 2 is 2.16 bits per heavy atom. The van der Waals surface area contributed by atoms with Crippen molar-refractivity contribution >= 4 is 17.5 Å². The van der Waals surface area contributed by atoms with Crippen LogP contribution in [0.25, 0.3) is 0 Å². The van der Waals surface area contributed by atoms with Crippen LogP contribution in [-0.2, 0) is 15.0 Å². The molecule has 0 unspecified atom stereocenters. The van der Waals surface area contributed by atoms with Crippen LogP contribution >= 0.6 is 0 Å². The molecule has 2 amide bonds. The van der Waals surface area contributed by atoms with Gasteiger partial charge >= 0.3 is 0 Å². The number of para-hydroxylation sites is 1. The molecule has 124 valence electrons. The van der Waals surface area contributed by atoms with Crippen LogP contribution < -0.4 is 15.4 Å². The molecule has 0 saturated heterocycles. The minimum absolute atomic E-state index is 0.0503. The molecule has 0 radical (unpaired) electrons. The van der Waals surface area contributed by atoms with E-state index >= 15 is 0 Å². The van der Waals surface area contributed by atoms with Gasteiger partial charge < -0.3 is 10.5 Å². The molecule has 0 aliphatic carbocycles. The van der Waals surface area contributed by atoms with Gasteiger partial charge in [-0.3, -0.25) is 14.7 Å². The molecule has 2 aliphatic heterocycles. The number of carbonyl (C=O) groups is 2. The Morgan fingerprint density at radius 3 is 2.84 bits per heavy atom. The van der Waals surface area contributed by atoms with Crippen LogP contribution in [0.2, 0.25) is 0 Å². The summed E-state index contributed by atoms with van der Waals surface area (Å²) in [5, 5.41) is 16.6. The van der Waals surface area contributed by atoms with E-state index in [-0.39, 0.29) is 17.3 Å². The molecule has 2 aliphatic rings. The van der Waals surface area contributed by atoms with Gasteiger partial charge in [-0.05, 0) is 13.0 Å². The lowest BCUT2D eigenvalue weighted by molar-refractivity contribution is -0.126. The van der Waals surface area contributed by atoms with Gasteiger partial charge in [-0.2, -0.15) is 5.26 Å². The number of hydrogen-bond acceptors (Lipinski definition) is 6. The molecule has 0 saturated carbocycles. The second kappa shape index (κ2) is 4.70. The number of hydrogen-bond donors (Lipinski definition) is 2. The minimum atomic E-state index is -1.55. The Bertz CT molecular complexity index is 1030. The number of nitriles is 1. The van der Waals surface area contributed by atoms with E-state index in [0.717, 1.165) is 4.90 Å². The first-order chi connectivity index (χ1) is 11.9. The quantitative estimate of drug-likeness (QED) is 0.739. The van der Waals surface area contributed by atoms with Crippen LogP contribution in [0.3, 0.4) is 0 Å². The third-order valence-corrected chi connectivity index (χ3v) is 4.62. The second-order valence-corrected chi connectivity index (χ2v) is 5.91. The Labute approximate surface area is 142 Å². The fraction of sp³-hybridized carbons (Fsp3) is 0.176. The van der Waals surface area contributed by atoms with Crippen molar-refractivity contribution < 1.29 is 14.3 Å². The van der Waals surface area contributed by atoms with Gasteiger partial charge in [0, 0.05) is 18.2 Å². The van der Waals surface area contributed by atoms with Crippen molar-refractivity contribution in [1.82, 2.24) is 10.2 Å². The van der Waals surface area contributed by atoms with Gasteiger partial charge in [-0.25, -0.2) is 4.90 Å². The average molecular weight is 335 g/mol. The zero-order chi connectivity index (χ0) is 17.9. The van der Waals surface area contributed by atoms with Crippen molar-refractivity contribution in [2.45, 2.75) is 19.3 Å². The highest BCUT2D eigenvalue weighted by atomic mass is 16.5. The van der Waals surface area contributed by atoms with Gasteiger partial charge in [0.1, 0.15) is 17.1 Å². The van der Waals surface area contributed by atoms with E-state index in [2.05, 4.69) is 10.2 Å². The van der Waals surface area contributed by atoms with Crippen molar-refractivity contribution in [3.63, 3.8) is 0 Å². The van der Waals surface area contributed by atoms with Crippen LogP contribution in [-0.4, -0.2) is 22.0 Å². The number of amides is 2. The van der Waals surface area contributed by atoms with Gasteiger partial charge in [-0.1, -0.05) is 18.2 Å². The summed E-state index contributed by atoms with van der Waals surface area (Å²) < 4.78 is 5.44. The number of imide groups is 1. The van der Waals surface area contributed by atoms with Crippen molar-refractivity contribution in [2.24, 2.45) is 5.73 Å². The molecule has 8 heteroatoms. The van der Waals surface area contributed by atoms with E-state index < -0.39 is 17.2 Å². The lowest BCUT2D eigenvalue weighted by Gasteiger charge is -2.32. The molecule has 25 heavy (non-hydrogen) atoms. The number of fused-ring (bicyclic) bond motifs is 4. The third-order valence-electron chi connectivity index (χ3n) is 4.62. The molecule has 3 N–H and O–H groups in total. The molecule has 1 aromatic carbocycles. The molecule has 0 fully saturated rings. The van der Waals surface area contributed by atoms with E-state index in [1.165, 1.54) is 6.92 Å². The Balaban J connectivity index is 2.20. The summed E-state index contributed by atoms with van der Waals surface area (Å²) in [6.45, 7) is 3.02. The molecular weight excluding hydrogens is 322 g/mol. The topological polar surface area (TPSA) is 125 Å². The summed E-state index contributed by atoms with van der Waals surface area (Å²) in [7, 11) is 0. The lowest BCUT2D eigenvalue weighted by Crippen LogP contribution is -2.47. The van der Waals surface area contributed by atoms with E-state index in [0.29, 0.717) is 22.5 Å². The molecule has 1 aromatic heterocycles. The van der Waals surface area contributed by atoms with E-state index in [9.17, 15) is 14.9 Å². The molecule has 1 atom stereocenters. The minimum Gasteiger partial charge on any atom is -0.420 e. The number of aromatic amines is 1. The number of aryl methyl sites for hydroxylation is 1. The summed E-state index contributed by atoms with van der Waals surface area (Å²) in [4.78, 5) is 26.7. The summed E-state index contributed by atoms with van der Waals surface area (Å²) in [6, 6.07) is 8.85. The molecule has 1 spiro atoms. The number of nitrogens with one attached hydrogen (secondary N) is 1. The monoisotopic (exact) mass is 335 g/mol. The Kier molecular flexibility index (Phi) is 2.81. The van der Waals surface area contributed by atoms with Gasteiger partial charge in [0.05, 0.1) is 11.3 Å². The van der Waals surface area contributed by atoms with Gasteiger partial charge in [-0.15, -0.1) is 5.10 Å². The summed E-state index contributed by atoms with van der Waals surface area (Å²) in [6.07, 6.45) is 0. The van der Waals surface area contributed by atoms with Crippen molar-refractivity contribution in [3.8, 4) is 11.9 Å². The van der Waals surface area contributed by atoms with Crippen LogP contribution in [0.15, 0.2) is 35.7 Å². The maximum absolute atomic E-state index is 13.5. The first-order valence-electron chi connectivity index (χ1n) is 7.52. The summed E-state index contributed by atoms with van der Waals surface area (Å²) in [5.41, 5.74) is 6.22. The number of H-pyrrole nitrogens is 1.